The van der Waals surface area contributed by atoms with Gasteiger partial charge in [0, 0.05) is 0 Å². The van der Waals surface area contributed by atoms with Gasteiger partial charge >= 0.3 is 29.6 Å². The van der Waals surface area contributed by atoms with Gasteiger partial charge in [0.2, 0.25) is 5.24 Å². The van der Waals surface area contributed by atoms with Crippen molar-refractivity contribution in [1.82, 2.24) is 0 Å². The fourth-order valence-electron chi connectivity index (χ4n) is 0. The van der Waals surface area contributed by atoms with Crippen LogP contribution in [0.3, 0.4) is 0 Å². The molecular formula is C2H8AlBrClNaO2. The van der Waals surface area contributed by atoms with Gasteiger partial charge in [0.05, 0.1) is 0 Å². The molecule has 0 bridgehead atoms. The molecule has 0 heterocycles. The van der Waals surface area contributed by atoms with Gasteiger partial charge in [-0.25, -0.2) is 0 Å². The first-order chi connectivity index (χ1) is 2.27. The number of hydrogen-bond donors (Lipinski definition) is 1. The third kappa shape index (κ3) is 24.7. The molecule has 0 spiro atoms. The summed E-state index contributed by atoms with van der Waals surface area (Å²) in [5.41, 5.74) is 0. The second-order valence-corrected chi connectivity index (χ2v) is 0.935. The monoisotopic (exact) mass is 228 g/mol. The van der Waals surface area contributed by atoms with Gasteiger partial charge in [0.1, 0.15) is 6.61 Å². The SMILES string of the molecule is Br.O=C(Cl)CO.[AlH3].[NaH]. The standard InChI is InChI=1S/C2H3ClO2.Al.BrH.Na.4H/c3-2(5)1-4;;;;;;;/h4H,1H2;;1H;;;;;. The molecular weight excluding hydrogens is 221 g/mol. The van der Waals surface area contributed by atoms with Crippen LogP contribution in [0.1, 0.15) is 0 Å². The molecule has 0 aliphatic rings. The summed E-state index contributed by atoms with van der Waals surface area (Å²) in [7, 11) is 0. The normalized spacial score (nSPS) is 4.75. The molecule has 0 amide bonds. The van der Waals surface area contributed by atoms with Crippen LogP contribution in [0.5, 0.6) is 0 Å². The fourth-order valence-corrected chi connectivity index (χ4v) is 0. The van der Waals surface area contributed by atoms with E-state index < -0.39 is 11.8 Å². The molecule has 46 valence electrons. The molecule has 8 heavy (non-hydrogen) atoms. The zero-order chi connectivity index (χ0) is 4.28. The van der Waals surface area contributed by atoms with Gasteiger partial charge in [-0.05, 0) is 11.6 Å². The number of hydrogen-bond acceptors (Lipinski definition) is 2. The Hall–Kier alpha value is 1.93. The van der Waals surface area contributed by atoms with Crippen LogP contribution >= 0.6 is 28.6 Å². The number of carbonyl (C=O) groups is 1. The van der Waals surface area contributed by atoms with E-state index in [1.807, 2.05) is 0 Å². The minimum absolute atomic E-state index is 0. The molecule has 0 radical (unpaired) electrons. The third-order valence-electron chi connectivity index (χ3n) is 0.124. The molecule has 6 heteroatoms. The number of aliphatic hydroxyl groups is 1. The first-order valence-corrected chi connectivity index (χ1v) is 1.44. The van der Waals surface area contributed by atoms with E-state index in [4.69, 9.17) is 5.11 Å². The summed E-state index contributed by atoms with van der Waals surface area (Å²) in [5, 5.41) is 6.94. The molecule has 1 N–H and O–H groups in total. The van der Waals surface area contributed by atoms with Gasteiger partial charge < -0.3 is 5.11 Å². The van der Waals surface area contributed by atoms with Crippen molar-refractivity contribution in [3.05, 3.63) is 0 Å². The zero-order valence-corrected chi connectivity index (χ0v) is 5.32. The van der Waals surface area contributed by atoms with E-state index in [9.17, 15) is 4.79 Å². The van der Waals surface area contributed by atoms with Crippen LogP contribution in [-0.2, 0) is 4.79 Å². The van der Waals surface area contributed by atoms with Gasteiger partial charge in [-0.1, -0.05) is 0 Å². The third-order valence-corrected chi connectivity index (χ3v) is 0.244. The van der Waals surface area contributed by atoms with Crippen LogP contribution in [0, 0.1) is 0 Å². The van der Waals surface area contributed by atoms with E-state index in [-0.39, 0.29) is 63.9 Å². The molecule has 0 aromatic heterocycles. The molecule has 0 atom stereocenters. The maximum absolute atomic E-state index is 9.33. The van der Waals surface area contributed by atoms with Gasteiger partial charge in [-0.2, -0.15) is 0 Å². The summed E-state index contributed by atoms with van der Waals surface area (Å²) in [6, 6.07) is 0. The first kappa shape index (κ1) is 22.5. The van der Waals surface area contributed by atoms with E-state index >= 15 is 0 Å². The Morgan fingerprint density at radius 3 is 1.75 bits per heavy atom. The van der Waals surface area contributed by atoms with Crippen LogP contribution in [0.15, 0.2) is 0 Å². The molecule has 0 saturated heterocycles. The maximum atomic E-state index is 9.33. The summed E-state index contributed by atoms with van der Waals surface area (Å²) in [6.45, 7) is -0.568. The quantitative estimate of drug-likeness (QED) is 0.438. The molecule has 0 aromatic rings. The van der Waals surface area contributed by atoms with Crippen molar-refractivity contribution in [1.29, 1.82) is 0 Å². The molecule has 0 unspecified atom stereocenters. The van der Waals surface area contributed by atoms with Crippen molar-refractivity contribution < 1.29 is 9.90 Å². The Kier molecular flexibility index (Phi) is 45.0. The Labute approximate surface area is 96.2 Å². The van der Waals surface area contributed by atoms with E-state index in [0.717, 1.165) is 0 Å². The van der Waals surface area contributed by atoms with Gasteiger partial charge in [0.15, 0.2) is 17.4 Å². The molecule has 2 nitrogen and oxygen atoms in total. The van der Waals surface area contributed by atoms with E-state index in [0.29, 0.717) is 0 Å². The average Bonchev–Trinajstić information content (AvgIpc) is 1.38. The fraction of sp³-hybridized carbons (Fsp3) is 0.500. The first-order valence-electron chi connectivity index (χ1n) is 1.06. The van der Waals surface area contributed by atoms with Crippen molar-refractivity contribution in [2.75, 3.05) is 6.61 Å². The Balaban J connectivity index is -0.0000000267. The minimum atomic E-state index is -0.718. The Morgan fingerprint density at radius 2 is 1.75 bits per heavy atom. The van der Waals surface area contributed by atoms with Crippen molar-refractivity contribution in [2.45, 2.75) is 0 Å². The second-order valence-electron chi connectivity index (χ2n) is 0.513. The van der Waals surface area contributed by atoms with Gasteiger partial charge in [-0.3, -0.25) is 4.79 Å². The van der Waals surface area contributed by atoms with Crippen LogP contribution < -0.4 is 0 Å². The van der Waals surface area contributed by atoms with Gasteiger partial charge in [0.25, 0.3) is 0 Å². The Bertz CT molecular complexity index is 55.3. The van der Waals surface area contributed by atoms with Crippen molar-refractivity contribution in [2.24, 2.45) is 0 Å². The van der Waals surface area contributed by atoms with Crippen molar-refractivity contribution >= 4 is 80.7 Å². The topological polar surface area (TPSA) is 37.3 Å². The van der Waals surface area contributed by atoms with E-state index in [1.54, 1.807) is 0 Å². The van der Waals surface area contributed by atoms with Crippen molar-refractivity contribution in [3.63, 3.8) is 0 Å². The molecule has 0 aromatic carbocycles. The van der Waals surface area contributed by atoms with Crippen LogP contribution in [0.25, 0.3) is 0 Å². The number of carbonyl (C=O) groups excluding carboxylic acids is 1. The molecule has 0 aliphatic carbocycles. The van der Waals surface area contributed by atoms with Crippen LogP contribution in [0.2, 0.25) is 0 Å². The van der Waals surface area contributed by atoms with E-state index in [2.05, 4.69) is 11.6 Å². The number of halogens is 2. The zero-order valence-electron chi connectivity index (χ0n) is 2.85. The molecule has 0 rings (SSSR count). The molecule has 0 fully saturated rings. The second kappa shape index (κ2) is 16.0. The number of rotatable bonds is 1. The Morgan fingerprint density at radius 1 is 1.62 bits per heavy atom. The average molecular weight is 229 g/mol. The molecule has 0 aliphatic heterocycles. The summed E-state index contributed by atoms with van der Waals surface area (Å²) in [6.07, 6.45) is 0. The predicted molar refractivity (Wildman–Crippen MR) is 45.4 cm³/mol. The summed E-state index contributed by atoms with van der Waals surface area (Å²) >= 11 is 4.57. The van der Waals surface area contributed by atoms with Crippen molar-refractivity contribution in [3.8, 4) is 0 Å². The van der Waals surface area contributed by atoms with Crippen LogP contribution in [0.4, 0.5) is 0 Å². The van der Waals surface area contributed by atoms with Crippen LogP contribution in [-0.4, -0.2) is 63.9 Å². The number of aliphatic hydroxyl groups excluding tert-OH is 1. The van der Waals surface area contributed by atoms with Gasteiger partial charge in [-0.15, -0.1) is 17.0 Å². The summed E-state index contributed by atoms with van der Waals surface area (Å²) < 4.78 is 0. The van der Waals surface area contributed by atoms with E-state index in [1.165, 1.54) is 0 Å². The summed E-state index contributed by atoms with van der Waals surface area (Å²) in [5.74, 6) is 0. The molecule has 0 saturated carbocycles. The summed E-state index contributed by atoms with van der Waals surface area (Å²) in [4.78, 5) is 9.33. The predicted octanol–water partition coefficient (Wildman–Crippen LogP) is -1.51.